The second-order valence-electron chi connectivity index (χ2n) is 14.1. The van der Waals surface area contributed by atoms with Crippen molar-refractivity contribution in [1.82, 2.24) is 9.80 Å². The molecule has 0 aromatic heterocycles. The molecule has 7 atom stereocenters. The minimum atomic E-state index is -1.28. The highest BCUT2D eigenvalue weighted by molar-refractivity contribution is 6.04. The van der Waals surface area contributed by atoms with E-state index in [1.54, 1.807) is 22.0 Å². The van der Waals surface area contributed by atoms with E-state index in [-0.39, 0.29) is 36.7 Å². The largest absolute Gasteiger partial charge is 0.494 e. The fourth-order valence-corrected chi connectivity index (χ4v) is 8.18. The standard InChI is InChI=1S/C38H49N3O6/c1-9-21-39(27-17-19-28(20-18-27)46-11-3)33(43)30-31-34(44)41(29(24-42)26-15-13-12-14-16-26)32(35(45)40(22-10-2)36(5,6)7)38(31)23-25(4)37(30,8)47-38/h9-10,12-20,25,29-32,42H,1-2,11,21-24H2,3-8H3/t25?,29-,30-,31+,32?,37+,38?/m1/s1. The third-order valence-electron chi connectivity index (χ3n) is 10.4. The minimum Gasteiger partial charge on any atom is -0.494 e. The number of hydrogen-bond donors (Lipinski definition) is 1. The Hall–Kier alpha value is -3.95. The Bertz CT molecular complexity index is 1500. The van der Waals surface area contributed by atoms with E-state index in [2.05, 4.69) is 13.2 Å². The van der Waals surface area contributed by atoms with Gasteiger partial charge < -0.3 is 29.3 Å². The number of rotatable bonds is 12. The normalized spacial score (nSPS) is 28.5. The topological polar surface area (TPSA) is 99.6 Å². The Morgan fingerprint density at radius 3 is 2.28 bits per heavy atom. The maximum Gasteiger partial charge on any atom is 0.249 e. The van der Waals surface area contributed by atoms with Crippen molar-refractivity contribution < 1.29 is 29.0 Å². The van der Waals surface area contributed by atoms with Gasteiger partial charge in [-0.05, 0) is 76.8 Å². The van der Waals surface area contributed by atoms with Gasteiger partial charge in [0.25, 0.3) is 0 Å². The molecule has 0 saturated carbocycles. The summed E-state index contributed by atoms with van der Waals surface area (Å²) in [6, 6.07) is 14.6. The molecule has 5 rings (SSSR count). The predicted molar refractivity (Wildman–Crippen MR) is 182 cm³/mol. The van der Waals surface area contributed by atoms with Crippen LogP contribution >= 0.6 is 0 Å². The zero-order chi connectivity index (χ0) is 34.3. The summed E-state index contributed by atoms with van der Waals surface area (Å²) in [5, 5.41) is 10.9. The third kappa shape index (κ3) is 5.57. The van der Waals surface area contributed by atoms with Crippen molar-refractivity contribution >= 4 is 23.4 Å². The van der Waals surface area contributed by atoms with Gasteiger partial charge in [-0.2, -0.15) is 0 Å². The maximum atomic E-state index is 15.0. The van der Waals surface area contributed by atoms with E-state index in [1.807, 2.05) is 96.1 Å². The number of nitrogens with zero attached hydrogens (tertiary/aromatic N) is 3. The van der Waals surface area contributed by atoms with Gasteiger partial charge in [0.2, 0.25) is 17.7 Å². The smallest absolute Gasteiger partial charge is 0.249 e. The summed E-state index contributed by atoms with van der Waals surface area (Å²) in [4.78, 5) is 49.7. The summed E-state index contributed by atoms with van der Waals surface area (Å²) in [7, 11) is 0. The van der Waals surface area contributed by atoms with E-state index in [9.17, 15) is 14.7 Å². The molecule has 1 N–H and O–H groups in total. The second-order valence-corrected chi connectivity index (χ2v) is 14.1. The second kappa shape index (κ2) is 12.9. The van der Waals surface area contributed by atoms with Crippen LogP contribution in [0.15, 0.2) is 79.9 Å². The zero-order valence-electron chi connectivity index (χ0n) is 28.5. The molecule has 47 heavy (non-hydrogen) atoms. The number of amides is 3. The SMILES string of the molecule is C=CCN(C(=O)[C@H]1[C@H]2C(=O)N([C@H](CO)c3ccccc3)C(C(=O)N(CC=C)C(C)(C)C)C23CC(C)[C@]1(C)O3)c1ccc(OCC)cc1. The lowest BCUT2D eigenvalue weighted by atomic mass is 9.62. The molecule has 1 spiro atoms. The first-order valence-electron chi connectivity index (χ1n) is 16.6. The lowest BCUT2D eigenvalue weighted by Crippen LogP contribution is -2.60. The van der Waals surface area contributed by atoms with Crippen molar-refractivity contribution in [2.24, 2.45) is 17.8 Å². The Kier molecular flexibility index (Phi) is 9.45. The first kappa shape index (κ1) is 34.4. The van der Waals surface area contributed by atoms with Crippen molar-refractivity contribution in [1.29, 1.82) is 0 Å². The van der Waals surface area contributed by atoms with Crippen LogP contribution in [0.25, 0.3) is 0 Å². The van der Waals surface area contributed by atoms with Crippen molar-refractivity contribution in [3.05, 3.63) is 85.5 Å². The number of hydrogen-bond acceptors (Lipinski definition) is 6. The average molecular weight is 644 g/mol. The van der Waals surface area contributed by atoms with E-state index < -0.39 is 47.3 Å². The quantitative estimate of drug-likeness (QED) is 0.321. The molecule has 2 bridgehead atoms. The highest BCUT2D eigenvalue weighted by atomic mass is 16.5. The molecule has 3 amide bonds. The molecule has 9 heteroatoms. The minimum absolute atomic E-state index is 0.145. The summed E-state index contributed by atoms with van der Waals surface area (Å²) < 4.78 is 12.6. The highest BCUT2D eigenvalue weighted by Gasteiger charge is 2.80. The molecule has 3 aliphatic rings. The third-order valence-corrected chi connectivity index (χ3v) is 10.4. The summed E-state index contributed by atoms with van der Waals surface area (Å²) in [5.41, 5.74) is -1.56. The van der Waals surface area contributed by atoms with Crippen LogP contribution < -0.4 is 9.64 Å². The number of anilines is 1. The van der Waals surface area contributed by atoms with Gasteiger partial charge in [0, 0.05) is 24.3 Å². The summed E-state index contributed by atoms with van der Waals surface area (Å²) >= 11 is 0. The number of carbonyl (C=O) groups is 3. The molecule has 3 fully saturated rings. The number of benzene rings is 2. The van der Waals surface area contributed by atoms with Crippen molar-refractivity contribution in [2.75, 3.05) is 31.2 Å². The van der Waals surface area contributed by atoms with Crippen LogP contribution in [0, 0.1) is 17.8 Å². The van der Waals surface area contributed by atoms with E-state index >= 15 is 4.79 Å². The number of ether oxygens (including phenoxy) is 2. The van der Waals surface area contributed by atoms with Crippen LogP contribution in [0.5, 0.6) is 5.75 Å². The number of fused-ring (bicyclic) bond motifs is 1. The van der Waals surface area contributed by atoms with Crippen LogP contribution in [-0.4, -0.2) is 81.7 Å². The number of carbonyl (C=O) groups excluding carboxylic acids is 3. The molecular formula is C38H49N3O6. The first-order chi connectivity index (χ1) is 22.3. The van der Waals surface area contributed by atoms with Crippen molar-refractivity contribution in [3.8, 4) is 5.75 Å². The van der Waals surface area contributed by atoms with Gasteiger partial charge in [-0.1, -0.05) is 49.4 Å². The van der Waals surface area contributed by atoms with E-state index in [0.29, 0.717) is 30.0 Å². The molecule has 3 heterocycles. The summed E-state index contributed by atoms with van der Waals surface area (Å²) in [5.74, 6) is -2.21. The lowest BCUT2D eigenvalue weighted by Gasteiger charge is -2.43. The predicted octanol–water partition coefficient (Wildman–Crippen LogP) is 5.16. The Morgan fingerprint density at radius 1 is 1.09 bits per heavy atom. The van der Waals surface area contributed by atoms with Crippen LogP contribution in [0.2, 0.25) is 0 Å². The van der Waals surface area contributed by atoms with Crippen LogP contribution in [0.4, 0.5) is 5.69 Å². The zero-order valence-corrected chi connectivity index (χ0v) is 28.5. The summed E-state index contributed by atoms with van der Waals surface area (Å²) in [6.45, 7) is 20.1. The first-order valence-corrected chi connectivity index (χ1v) is 16.6. The van der Waals surface area contributed by atoms with Gasteiger partial charge in [0.15, 0.2) is 0 Å². The highest BCUT2D eigenvalue weighted by Crippen LogP contribution is 2.66. The molecule has 3 saturated heterocycles. The van der Waals surface area contributed by atoms with Gasteiger partial charge in [-0.3, -0.25) is 14.4 Å². The van der Waals surface area contributed by atoms with Gasteiger partial charge in [-0.25, -0.2) is 0 Å². The Morgan fingerprint density at radius 2 is 1.72 bits per heavy atom. The van der Waals surface area contributed by atoms with E-state index in [0.717, 1.165) is 0 Å². The summed E-state index contributed by atoms with van der Waals surface area (Å²) in [6.07, 6.45) is 3.75. The molecule has 2 aromatic rings. The fraction of sp³-hybridized carbons (Fsp3) is 0.500. The number of aliphatic hydroxyl groups excluding tert-OH is 1. The van der Waals surface area contributed by atoms with Gasteiger partial charge in [0.05, 0.1) is 36.7 Å². The molecule has 0 radical (unpaired) electrons. The van der Waals surface area contributed by atoms with Gasteiger partial charge in [-0.15, -0.1) is 13.2 Å². The Labute approximate surface area is 278 Å². The molecule has 2 aromatic carbocycles. The monoisotopic (exact) mass is 643 g/mol. The molecular weight excluding hydrogens is 594 g/mol. The van der Waals surface area contributed by atoms with Crippen LogP contribution in [0.3, 0.4) is 0 Å². The van der Waals surface area contributed by atoms with Gasteiger partial charge >= 0.3 is 0 Å². The van der Waals surface area contributed by atoms with E-state index in [4.69, 9.17) is 9.47 Å². The van der Waals surface area contributed by atoms with Crippen LogP contribution in [0.1, 0.15) is 59.6 Å². The fourth-order valence-electron chi connectivity index (χ4n) is 8.18. The maximum absolute atomic E-state index is 15.0. The van der Waals surface area contributed by atoms with Crippen molar-refractivity contribution in [2.45, 2.75) is 76.8 Å². The molecule has 9 nitrogen and oxygen atoms in total. The molecule has 252 valence electrons. The molecule has 3 unspecified atom stereocenters. The van der Waals surface area contributed by atoms with Gasteiger partial charge in [0.1, 0.15) is 17.4 Å². The molecule has 3 aliphatic heterocycles. The average Bonchev–Trinajstić information content (AvgIpc) is 3.55. The molecule has 0 aliphatic carbocycles. The number of likely N-dealkylation sites (tertiary alicyclic amines) is 1. The van der Waals surface area contributed by atoms with Crippen LogP contribution in [-0.2, 0) is 19.1 Å². The van der Waals surface area contributed by atoms with Crippen molar-refractivity contribution in [3.63, 3.8) is 0 Å². The lowest BCUT2D eigenvalue weighted by molar-refractivity contribution is -0.158. The number of aliphatic hydroxyl groups is 1. The Balaban J connectivity index is 1.67. The van der Waals surface area contributed by atoms with E-state index in [1.165, 1.54) is 4.90 Å².